The Morgan fingerprint density at radius 1 is 1.26 bits per heavy atom. The van der Waals surface area contributed by atoms with E-state index in [1.807, 2.05) is 23.3 Å². The summed E-state index contributed by atoms with van der Waals surface area (Å²) >= 11 is 0. The van der Waals surface area contributed by atoms with Gasteiger partial charge in [0.05, 0.1) is 25.5 Å². The van der Waals surface area contributed by atoms with Gasteiger partial charge >= 0.3 is 0 Å². The Balaban J connectivity index is 2.51. The van der Waals surface area contributed by atoms with Crippen molar-refractivity contribution in [3.8, 4) is 5.75 Å². The van der Waals surface area contributed by atoms with Crippen LogP contribution < -0.4 is 10.5 Å². The molecule has 104 valence electrons. The summed E-state index contributed by atoms with van der Waals surface area (Å²) in [5, 5.41) is 8.60. The Kier molecular flexibility index (Phi) is 3.61. The molecule has 0 saturated carbocycles. The molecule has 2 aromatic rings. The lowest BCUT2D eigenvalue weighted by molar-refractivity contribution is 0.400. The van der Waals surface area contributed by atoms with Gasteiger partial charge in [-0.15, -0.1) is 0 Å². The molecule has 0 bridgehead atoms. The molecule has 2 heterocycles. The average molecular weight is 263 g/mol. The van der Waals surface area contributed by atoms with Crippen LogP contribution in [0.2, 0.25) is 0 Å². The van der Waals surface area contributed by atoms with E-state index < -0.39 is 0 Å². The minimum absolute atomic E-state index is 0.224. The van der Waals surface area contributed by atoms with E-state index in [1.54, 1.807) is 19.5 Å². The molecule has 0 aromatic carbocycles. The molecule has 6 nitrogen and oxygen atoms in total. The first kappa shape index (κ1) is 13.6. The number of nitrogens with zero attached hydrogens (tertiary/aromatic N) is 4. The van der Waals surface area contributed by atoms with E-state index >= 15 is 0 Å². The van der Waals surface area contributed by atoms with Crippen LogP contribution in [-0.2, 0) is 7.05 Å². The van der Waals surface area contributed by atoms with E-state index in [-0.39, 0.29) is 12.1 Å². The fourth-order valence-corrected chi connectivity index (χ4v) is 2.19. The molecule has 0 radical (unpaired) electrons. The Bertz CT molecular complexity index is 570. The molecule has 0 amide bonds. The second-order valence-electron chi connectivity index (χ2n) is 4.92. The zero-order valence-corrected chi connectivity index (χ0v) is 12.1. The van der Waals surface area contributed by atoms with Gasteiger partial charge in [0.25, 0.3) is 0 Å². The van der Waals surface area contributed by atoms with Gasteiger partial charge in [0, 0.05) is 24.3 Å². The van der Waals surface area contributed by atoms with Crippen molar-refractivity contribution in [2.45, 2.75) is 32.9 Å². The van der Waals surface area contributed by atoms with Crippen LogP contribution in [0, 0.1) is 6.92 Å². The van der Waals surface area contributed by atoms with Crippen LogP contribution in [0.3, 0.4) is 0 Å². The van der Waals surface area contributed by atoms with Gasteiger partial charge in [-0.1, -0.05) is 0 Å². The minimum Gasteiger partial charge on any atom is -0.493 e. The molecule has 0 saturated heterocycles. The fraction of sp³-hybridized carbons (Fsp3) is 0.538. The molecule has 0 aliphatic rings. The smallest absolute Gasteiger partial charge is 0.161 e. The third kappa shape index (κ3) is 2.23. The van der Waals surface area contributed by atoms with E-state index in [1.165, 1.54) is 0 Å². The monoisotopic (exact) mass is 263 g/mol. The molecule has 0 aliphatic carbocycles. The lowest BCUT2D eigenvalue weighted by Gasteiger charge is -2.18. The van der Waals surface area contributed by atoms with Crippen LogP contribution in [0.15, 0.2) is 12.4 Å². The molecule has 1 unspecified atom stereocenters. The van der Waals surface area contributed by atoms with Crippen LogP contribution in [0.5, 0.6) is 5.75 Å². The van der Waals surface area contributed by atoms with Crippen molar-refractivity contribution in [2.24, 2.45) is 12.8 Å². The zero-order chi connectivity index (χ0) is 14.2. The number of nitrogens with two attached hydrogens (primary N) is 1. The number of aromatic nitrogens is 4. The van der Waals surface area contributed by atoms with Gasteiger partial charge in [-0.05, 0) is 20.8 Å². The summed E-state index contributed by atoms with van der Waals surface area (Å²) in [5.41, 5.74) is 9.32. The van der Waals surface area contributed by atoms with E-state index in [9.17, 15) is 0 Å². The van der Waals surface area contributed by atoms with Gasteiger partial charge in [0.15, 0.2) is 5.75 Å². The maximum atomic E-state index is 6.40. The first-order chi connectivity index (χ1) is 8.97. The highest BCUT2D eigenvalue weighted by molar-refractivity contribution is 5.37. The maximum Gasteiger partial charge on any atom is 0.161 e. The van der Waals surface area contributed by atoms with Crippen molar-refractivity contribution in [3.05, 3.63) is 29.3 Å². The molecule has 6 heteroatoms. The third-order valence-corrected chi connectivity index (χ3v) is 3.41. The van der Waals surface area contributed by atoms with E-state index in [2.05, 4.69) is 24.0 Å². The van der Waals surface area contributed by atoms with Crippen LogP contribution in [0.1, 0.15) is 42.9 Å². The molecule has 2 aromatic heterocycles. The predicted octanol–water partition coefficient (Wildman–Crippen LogP) is 1.56. The molecule has 2 N–H and O–H groups in total. The molecule has 0 fully saturated rings. The highest BCUT2D eigenvalue weighted by atomic mass is 16.5. The summed E-state index contributed by atoms with van der Waals surface area (Å²) in [7, 11) is 3.54. The van der Waals surface area contributed by atoms with Gasteiger partial charge in [-0.2, -0.15) is 10.2 Å². The summed E-state index contributed by atoms with van der Waals surface area (Å²) in [6.45, 7) is 6.14. The highest BCUT2D eigenvalue weighted by Gasteiger charge is 2.24. The van der Waals surface area contributed by atoms with Gasteiger partial charge in [-0.25, -0.2) is 0 Å². The first-order valence-corrected chi connectivity index (χ1v) is 6.32. The van der Waals surface area contributed by atoms with Crippen molar-refractivity contribution in [1.82, 2.24) is 19.6 Å². The van der Waals surface area contributed by atoms with Crippen molar-refractivity contribution in [3.63, 3.8) is 0 Å². The molecule has 0 aliphatic heterocycles. The van der Waals surface area contributed by atoms with Gasteiger partial charge in [-0.3, -0.25) is 9.36 Å². The van der Waals surface area contributed by atoms with E-state index in [4.69, 9.17) is 10.5 Å². The molecular weight excluding hydrogens is 242 g/mol. The number of hydrogen-bond donors (Lipinski definition) is 1. The molecule has 1 atom stereocenters. The summed E-state index contributed by atoms with van der Waals surface area (Å²) in [4.78, 5) is 0. The lowest BCUT2D eigenvalue weighted by Crippen LogP contribution is -2.20. The third-order valence-electron chi connectivity index (χ3n) is 3.41. The van der Waals surface area contributed by atoms with Crippen LogP contribution in [-0.4, -0.2) is 26.7 Å². The summed E-state index contributed by atoms with van der Waals surface area (Å²) in [6, 6.07) is -0.0736. The topological polar surface area (TPSA) is 70.9 Å². The molecule has 0 spiro atoms. The first-order valence-electron chi connectivity index (χ1n) is 6.32. The number of rotatable bonds is 4. The average Bonchev–Trinajstić information content (AvgIpc) is 2.94. The fourth-order valence-electron chi connectivity index (χ4n) is 2.19. The lowest BCUT2D eigenvalue weighted by atomic mass is 10.0. The molecular formula is C13H21N5O. The quantitative estimate of drug-likeness (QED) is 0.908. The van der Waals surface area contributed by atoms with Crippen LogP contribution in [0.4, 0.5) is 0 Å². The summed E-state index contributed by atoms with van der Waals surface area (Å²) in [6.07, 6.45) is 3.51. The minimum atomic E-state index is -0.298. The Labute approximate surface area is 113 Å². The van der Waals surface area contributed by atoms with E-state index in [0.717, 1.165) is 17.0 Å². The SMILES string of the molecule is COc1cnn(C(C)C)c1C(N)c1cnn(C)c1C. The van der Waals surface area contributed by atoms with Gasteiger partial charge < -0.3 is 10.5 Å². The zero-order valence-electron chi connectivity index (χ0n) is 12.1. The number of aryl methyl sites for hydroxylation is 1. The predicted molar refractivity (Wildman–Crippen MR) is 73.1 cm³/mol. The second-order valence-corrected chi connectivity index (χ2v) is 4.92. The standard InChI is InChI=1S/C13H21N5O/c1-8(2)18-13(11(19-5)7-16-18)12(14)10-6-15-17(4)9(10)3/h6-8,12H,14H2,1-5H3. The molecule has 19 heavy (non-hydrogen) atoms. The second kappa shape index (κ2) is 5.05. The highest BCUT2D eigenvalue weighted by Crippen LogP contribution is 2.31. The van der Waals surface area contributed by atoms with Crippen molar-refractivity contribution >= 4 is 0 Å². The summed E-state index contributed by atoms with van der Waals surface area (Å²) < 4.78 is 9.09. The van der Waals surface area contributed by atoms with Gasteiger partial charge in [0.1, 0.15) is 5.69 Å². The Hall–Kier alpha value is -1.82. The van der Waals surface area contributed by atoms with E-state index in [0.29, 0.717) is 5.75 Å². The molecule has 2 rings (SSSR count). The normalized spacial score (nSPS) is 13.0. The van der Waals surface area contributed by atoms with Crippen molar-refractivity contribution in [1.29, 1.82) is 0 Å². The van der Waals surface area contributed by atoms with Crippen molar-refractivity contribution in [2.75, 3.05) is 7.11 Å². The summed E-state index contributed by atoms with van der Waals surface area (Å²) in [5.74, 6) is 0.712. The largest absolute Gasteiger partial charge is 0.493 e. The Morgan fingerprint density at radius 3 is 2.42 bits per heavy atom. The van der Waals surface area contributed by atoms with Crippen LogP contribution in [0.25, 0.3) is 0 Å². The number of methoxy groups -OCH3 is 1. The maximum absolute atomic E-state index is 6.40. The Morgan fingerprint density at radius 2 is 1.95 bits per heavy atom. The van der Waals surface area contributed by atoms with Crippen LogP contribution >= 0.6 is 0 Å². The van der Waals surface area contributed by atoms with Gasteiger partial charge in [0.2, 0.25) is 0 Å². The number of ether oxygens (including phenoxy) is 1. The van der Waals surface area contributed by atoms with Crippen molar-refractivity contribution < 1.29 is 4.74 Å². The number of hydrogen-bond acceptors (Lipinski definition) is 4.